The molecule has 3 nitrogen and oxygen atoms in total. The summed E-state index contributed by atoms with van der Waals surface area (Å²) in [4.78, 5) is 26.0. The number of hydrogen-bond donors (Lipinski definition) is 0. The quantitative estimate of drug-likeness (QED) is 0.195. The van der Waals surface area contributed by atoms with Gasteiger partial charge in [-0.3, -0.25) is 14.5 Å². The van der Waals surface area contributed by atoms with Gasteiger partial charge in [0.1, 0.15) is 0 Å². The Kier molecular flexibility index (Phi) is 12.1. The molecule has 1 heterocycles. The molecule has 1 aromatic rings. The van der Waals surface area contributed by atoms with Crippen LogP contribution in [0.3, 0.4) is 0 Å². The summed E-state index contributed by atoms with van der Waals surface area (Å²) in [5.41, 5.74) is 1.10. The molecule has 0 unspecified atom stereocenters. The predicted octanol–water partition coefficient (Wildman–Crippen LogP) is 7.45. The fourth-order valence-electron chi connectivity index (χ4n) is 3.91. The van der Waals surface area contributed by atoms with E-state index in [-0.39, 0.29) is 11.8 Å². The first-order valence-corrected chi connectivity index (χ1v) is 12.9. The standard InChI is InChI=1S/C25H39NO2S/c1-2-3-4-5-6-7-8-9-10-11-12-13-14-17-20-29-21-26-24(27)22-18-15-16-19-23(22)25(26)28/h15-16,18-19H,2-14,17,20-21H2,1H3. The number of thioether (sulfide) groups is 1. The van der Waals surface area contributed by atoms with Crippen molar-refractivity contribution in [3.05, 3.63) is 35.4 Å². The summed E-state index contributed by atoms with van der Waals surface area (Å²) in [6.45, 7) is 2.27. The number of rotatable bonds is 17. The van der Waals surface area contributed by atoms with Crippen LogP contribution in [0.1, 0.15) is 118 Å². The van der Waals surface area contributed by atoms with E-state index >= 15 is 0 Å². The van der Waals surface area contributed by atoms with Gasteiger partial charge in [-0.2, -0.15) is 0 Å². The number of fused-ring (bicyclic) bond motifs is 1. The summed E-state index contributed by atoms with van der Waals surface area (Å²) in [6.07, 6.45) is 19.1. The molecule has 2 rings (SSSR count). The third kappa shape index (κ3) is 8.54. The van der Waals surface area contributed by atoms with E-state index in [0.29, 0.717) is 17.0 Å². The maximum Gasteiger partial charge on any atom is 0.262 e. The van der Waals surface area contributed by atoms with Gasteiger partial charge in [0.2, 0.25) is 0 Å². The van der Waals surface area contributed by atoms with E-state index in [4.69, 9.17) is 0 Å². The normalized spacial score (nSPS) is 13.3. The molecule has 1 aliphatic rings. The summed E-state index contributed by atoms with van der Waals surface area (Å²) in [6, 6.07) is 7.12. The van der Waals surface area contributed by atoms with Crippen LogP contribution >= 0.6 is 11.8 Å². The Labute approximate surface area is 182 Å². The van der Waals surface area contributed by atoms with E-state index in [1.54, 1.807) is 23.9 Å². The summed E-state index contributed by atoms with van der Waals surface area (Å²) in [5.74, 6) is 1.22. The molecule has 0 aliphatic carbocycles. The second-order valence-corrected chi connectivity index (χ2v) is 9.29. The Morgan fingerprint density at radius 2 is 1.07 bits per heavy atom. The number of unbranched alkanes of at least 4 members (excludes halogenated alkanes) is 13. The minimum atomic E-state index is -0.140. The number of hydrogen-bond acceptors (Lipinski definition) is 3. The zero-order chi connectivity index (χ0) is 20.7. The number of carbonyl (C=O) groups excluding carboxylic acids is 2. The van der Waals surface area contributed by atoms with Crippen LogP contribution < -0.4 is 0 Å². The molecule has 1 aliphatic heterocycles. The molecule has 0 saturated carbocycles. The van der Waals surface area contributed by atoms with E-state index in [0.717, 1.165) is 5.75 Å². The Bertz CT molecular complexity index is 582. The van der Waals surface area contributed by atoms with Crippen molar-refractivity contribution in [1.82, 2.24) is 4.90 Å². The molecule has 0 fully saturated rings. The minimum absolute atomic E-state index is 0.140. The fourth-order valence-corrected chi connectivity index (χ4v) is 4.87. The molecule has 29 heavy (non-hydrogen) atoms. The number of benzene rings is 1. The maximum absolute atomic E-state index is 12.3. The van der Waals surface area contributed by atoms with Gasteiger partial charge < -0.3 is 0 Å². The van der Waals surface area contributed by atoms with Gasteiger partial charge in [-0.1, -0.05) is 103 Å². The van der Waals surface area contributed by atoms with Gasteiger partial charge >= 0.3 is 0 Å². The first kappa shape index (κ1) is 24.0. The zero-order valence-electron chi connectivity index (χ0n) is 18.3. The van der Waals surface area contributed by atoms with Gasteiger partial charge in [-0.15, -0.1) is 11.8 Å². The van der Waals surface area contributed by atoms with Gasteiger partial charge in [0, 0.05) is 0 Å². The van der Waals surface area contributed by atoms with Crippen LogP contribution in [0.4, 0.5) is 0 Å². The van der Waals surface area contributed by atoms with Gasteiger partial charge in [0.15, 0.2) is 0 Å². The second kappa shape index (κ2) is 14.7. The van der Waals surface area contributed by atoms with E-state index in [1.165, 1.54) is 94.8 Å². The van der Waals surface area contributed by atoms with Crippen molar-refractivity contribution in [3.63, 3.8) is 0 Å². The van der Waals surface area contributed by atoms with E-state index in [2.05, 4.69) is 6.92 Å². The molecule has 4 heteroatoms. The first-order chi connectivity index (χ1) is 14.3. The van der Waals surface area contributed by atoms with Crippen molar-refractivity contribution >= 4 is 23.6 Å². The topological polar surface area (TPSA) is 37.4 Å². The summed E-state index contributed by atoms with van der Waals surface area (Å²) >= 11 is 1.70. The van der Waals surface area contributed by atoms with Crippen LogP contribution in [0, 0.1) is 0 Å². The monoisotopic (exact) mass is 417 g/mol. The average Bonchev–Trinajstić information content (AvgIpc) is 2.98. The molecule has 0 bridgehead atoms. The summed E-state index contributed by atoms with van der Waals surface area (Å²) < 4.78 is 0. The first-order valence-electron chi connectivity index (χ1n) is 11.8. The highest BCUT2D eigenvalue weighted by molar-refractivity contribution is 7.99. The SMILES string of the molecule is CCCCCCCCCCCCCCCCSCN1C(=O)c2ccccc2C1=O. The molecule has 162 valence electrons. The lowest BCUT2D eigenvalue weighted by atomic mass is 10.0. The number of amides is 2. The van der Waals surface area contributed by atoms with E-state index < -0.39 is 0 Å². The van der Waals surface area contributed by atoms with Crippen molar-refractivity contribution in [2.75, 3.05) is 11.6 Å². The third-order valence-corrected chi connectivity index (χ3v) is 6.76. The number of imide groups is 1. The van der Waals surface area contributed by atoms with Gasteiger partial charge in [-0.05, 0) is 24.3 Å². The molecule has 2 amide bonds. The molecule has 0 aromatic heterocycles. The molecular formula is C25H39NO2S. The smallest absolute Gasteiger partial charge is 0.262 e. The highest BCUT2D eigenvalue weighted by atomic mass is 32.2. The van der Waals surface area contributed by atoms with Gasteiger partial charge in [0.25, 0.3) is 11.8 Å². The van der Waals surface area contributed by atoms with Crippen molar-refractivity contribution in [3.8, 4) is 0 Å². The maximum atomic E-state index is 12.3. The Morgan fingerprint density at radius 1 is 0.655 bits per heavy atom. The molecule has 0 N–H and O–H groups in total. The number of carbonyl (C=O) groups is 2. The molecule has 0 atom stereocenters. The van der Waals surface area contributed by atoms with Gasteiger partial charge in [-0.25, -0.2) is 0 Å². The molecule has 1 aromatic carbocycles. The Hall–Kier alpha value is -1.29. The van der Waals surface area contributed by atoms with Crippen molar-refractivity contribution < 1.29 is 9.59 Å². The van der Waals surface area contributed by atoms with Crippen LogP contribution in [0.25, 0.3) is 0 Å². The lowest BCUT2D eigenvalue weighted by Gasteiger charge is -2.13. The van der Waals surface area contributed by atoms with Crippen molar-refractivity contribution in [1.29, 1.82) is 0 Å². The molecular weight excluding hydrogens is 378 g/mol. The van der Waals surface area contributed by atoms with Crippen LogP contribution in [-0.2, 0) is 0 Å². The van der Waals surface area contributed by atoms with E-state index in [1.807, 2.05) is 12.1 Å². The lowest BCUT2D eigenvalue weighted by molar-refractivity contribution is 0.0684. The predicted molar refractivity (Wildman–Crippen MR) is 125 cm³/mol. The van der Waals surface area contributed by atoms with Crippen molar-refractivity contribution in [2.24, 2.45) is 0 Å². The second-order valence-electron chi connectivity index (χ2n) is 8.22. The Morgan fingerprint density at radius 3 is 1.52 bits per heavy atom. The van der Waals surface area contributed by atoms with Crippen LogP contribution in [0.15, 0.2) is 24.3 Å². The highest BCUT2D eigenvalue weighted by Gasteiger charge is 2.34. The van der Waals surface area contributed by atoms with Crippen LogP contribution in [0.5, 0.6) is 0 Å². The highest BCUT2D eigenvalue weighted by Crippen LogP contribution is 2.24. The van der Waals surface area contributed by atoms with E-state index in [9.17, 15) is 9.59 Å². The zero-order valence-corrected chi connectivity index (χ0v) is 19.1. The number of nitrogens with zero attached hydrogens (tertiary/aromatic N) is 1. The van der Waals surface area contributed by atoms with Crippen LogP contribution in [-0.4, -0.2) is 28.3 Å². The summed E-state index contributed by atoms with van der Waals surface area (Å²) in [5, 5.41) is 0. The van der Waals surface area contributed by atoms with Gasteiger partial charge in [0.05, 0.1) is 17.0 Å². The Balaban J connectivity index is 1.37. The minimum Gasteiger partial charge on any atom is -0.269 e. The van der Waals surface area contributed by atoms with Crippen LogP contribution in [0.2, 0.25) is 0 Å². The average molecular weight is 418 g/mol. The molecule has 0 radical (unpaired) electrons. The van der Waals surface area contributed by atoms with Crippen molar-refractivity contribution in [2.45, 2.75) is 96.8 Å². The lowest BCUT2D eigenvalue weighted by Crippen LogP contribution is -2.29. The largest absolute Gasteiger partial charge is 0.269 e. The summed E-state index contributed by atoms with van der Waals surface area (Å²) in [7, 11) is 0. The third-order valence-electron chi connectivity index (χ3n) is 5.74. The fraction of sp³-hybridized carbons (Fsp3) is 0.680. The molecule has 0 spiro atoms. The molecule has 0 saturated heterocycles.